The molecule has 0 N–H and O–H groups in total. The van der Waals surface area contributed by atoms with E-state index in [1.54, 1.807) is 55.8 Å². The fraction of sp³-hybridized carbons (Fsp3) is 0.370. The molecule has 0 bridgehead atoms. The fourth-order valence-corrected chi connectivity index (χ4v) is 6.51. The molecule has 1 saturated heterocycles. The lowest BCUT2D eigenvalue weighted by molar-refractivity contribution is -0.137. The van der Waals surface area contributed by atoms with Crippen LogP contribution in [0.5, 0.6) is 11.5 Å². The van der Waals surface area contributed by atoms with E-state index in [-0.39, 0.29) is 16.8 Å². The molecule has 2 aliphatic rings. The number of rotatable bonds is 6. The third kappa shape index (κ3) is 4.34. The highest BCUT2D eigenvalue weighted by atomic mass is 32.2. The number of carbonyl (C=O) groups is 1. The standard InChI is InChI=1S/C27H30N4O5S/c1-27(2)25(19-7-10-23(35-3)24(17-19)36-4)29-31(26(27)32)20-11-14-30(15-12-20)37(33,34)21-8-9-22-18(16-21)6-5-13-28-22/h5-10,13,16-17,20H,11-12,14-15H2,1-4H3. The van der Waals surface area contributed by atoms with Gasteiger partial charge in [-0.2, -0.15) is 9.41 Å². The maximum atomic E-state index is 13.4. The first kappa shape index (κ1) is 25.2. The van der Waals surface area contributed by atoms with E-state index in [2.05, 4.69) is 4.98 Å². The topological polar surface area (TPSA) is 101 Å². The summed E-state index contributed by atoms with van der Waals surface area (Å²) in [5.74, 6) is 1.06. The predicted molar refractivity (Wildman–Crippen MR) is 140 cm³/mol. The molecule has 1 amide bonds. The van der Waals surface area contributed by atoms with Gasteiger partial charge in [-0.3, -0.25) is 9.78 Å². The normalized spacial score (nSPS) is 18.8. The number of hydrogen-bond acceptors (Lipinski definition) is 7. The maximum Gasteiger partial charge on any atom is 0.254 e. The Balaban J connectivity index is 1.35. The molecule has 9 nitrogen and oxygen atoms in total. The fourth-order valence-electron chi connectivity index (χ4n) is 5.01. The van der Waals surface area contributed by atoms with Crippen molar-refractivity contribution in [2.24, 2.45) is 10.5 Å². The Labute approximate surface area is 216 Å². The summed E-state index contributed by atoms with van der Waals surface area (Å²) >= 11 is 0. The smallest absolute Gasteiger partial charge is 0.254 e. The van der Waals surface area contributed by atoms with Crippen LogP contribution in [0.1, 0.15) is 32.3 Å². The minimum absolute atomic E-state index is 0.0966. The maximum absolute atomic E-state index is 13.4. The number of benzene rings is 2. The number of hydrazone groups is 1. The zero-order valence-corrected chi connectivity index (χ0v) is 22.2. The average Bonchev–Trinajstić information content (AvgIpc) is 3.16. The van der Waals surface area contributed by atoms with Crippen LogP contribution in [0.2, 0.25) is 0 Å². The van der Waals surface area contributed by atoms with E-state index in [4.69, 9.17) is 14.6 Å². The van der Waals surface area contributed by atoms with E-state index >= 15 is 0 Å². The summed E-state index contributed by atoms with van der Waals surface area (Å²) < 4.78 is 39.0. The van der Waals surface area contributed by atoms with Crippen LogP contribution in [0.25, 0.3) is 10.9 Å². The van der Waals surface area contributed by atoms with Gasteiger partial charge in [0.05, 0.1) is 41.8 Å². The minimum Gasteiger partial charge on any atom is -0.493 e. The van der Waals surface area contributed by atoms with Crippen LogP contribution in [-0.2, 0) is 14.8 Å². The van der Waals surface area contributed by atoms with Crippen LogP contribution in [0.15, 0.2) is 64.7 Å². The molecule has 0 radical (unpaired) electrons. The summed E-state index contributed by atoms with van der Waals surface area (Å²) in [6, 6.07) is 13.9. The van der Waals surface area contributed by atoms with Gasteiger partial charge in [-0.05, 0) is 69.2 Å². The summed E-state index contributed by atoms with van der Waals surface area (Å²) in [7, 11) is -0.525. The Kier molecular flexibility index (Phi) is 6.41. The quantitative estimate of drug-likeness (QED) is 0.490. The zero-order chi connectivity index (χ0) is 26.4. The Morgan fingerprint density at radius 2 is 1.70 bits per heavy atom. The van der Waals surface area contributed by atoms with Crippen LogP contribution in [0.3, 0.4) is 0 Å². The largest absolute Gasteiger partial charge is 0.493 e. The van der Waals surface area contributed by atoms with Crippen LogP contribution >= 0.6 is 0 Å². The molecule has 0 saturated carbocycles. The number of methoxy groups -OCH3 is 2. The van der Waals surface area contributed by atoms with Gasteiger partial charge in [0.25, 0.3) is 5.91 Å². The molecule has 0 aliphatic carbocycles. The van der Waals surface area contributed by atoms with Gasteiger partial charge < -0.3 is 9.47 Å². The lowest BCUT2D eigenvalue weighted by Crippen LogP contribution is -2.47. The molecule has 0 unspecified atom stereocenters. The Hall–Kier alpha value is -3.50. The number of ether oxygens (including phenoxy) is 2. The van der Waals surface area contributed by atoms with Gasteiger partial charge >= 0.3 is 0 Å². The molecule has 0 atom stereocenters. The van der Waals surface area contributed by atoms with Crippen molar-refractivity contribution >= 4 is 32.5 Å². The van der Waals surface area contributed by atoms with Crippen LogP contribution in [0, 0.1) is 5.41 Å². The van der Waals surface area contributed by atoms with E-state index in [9.17, 15) is 13.2 Å². The van der Waals surface area contributed by atoms with E-state index < -0.39 is 15.4 Å². The molecule has 194 valence electrons. The molecule has 3 aromatic rings. The first-order chi connectivity index (χ1) is 17.7. The summed E-state index contributed by atoms with van der Waals surface area (Å²) in [4.78, 5) is 17.9. The van der Waals surface area contributed by atoms with Crippen molar-refractivity contribution in [1.29, 1.82) is 0 Å². The van der Waals surface area contributed by atoms with Crippen LogP contribution in [-0.4, -0.2) is 67.7 Å². The highest BCUT2D eigenvalue weighted by Gasteiger charge is 2.47. The van der Waals surface area contributed by atoms with Gasteiger partial charge in [0.1, 0.15) is 0 Å². The zero-order valence-electron chi connectivity index (χ0n) is 21.3. The number of amides is 1. The van der Waals surface area contributed by atoms with Gasteiger partial charge in [-0.1, -0.05) is 6.07 Å². The molecule has 0 spiro atoms. The first-order valence-electron chi connectivity index (χ1n) is 12.2. The number of sulfonamides is 1. The van der Waals surface area contributed by atoms with Crippen molar-refractivity contribution in [3.63, 3.8) is 0 Å². The van der Waals surface area contributed by atoms with Gasteiger partial charge in [0, 0.05) is 30.2 Å². The molecule has 2 aromatic carbocycles. The van der Waals surface area contributed by atoms with Crippen LogP contribution in [0.4, 0.5) is 0 Å². The molecule has 10 heteroatoms. The van der Waals surface area contributed by atoms with E-state index in [0.29, 0.717) is 43.1 Å². The van der Waals surface area contributed by atoms with E-state index in [1.165, 1.54) is 4.31 Å². The highest BCUT2D eigenvalue weighted by Crippen LogP contribution is 2.38. The van der Waals surface area contributed by atoms with Gasteiger partial charge in [0.15, 0.2) is 11.5 Å². The van der Waals surface area contributed by atoms with Crippen molar-refractivity contribution in [2.75, 3.05) is 27.3 Å². The summed E-state index contributed by atoms with van der Waals surface area (Å²) in [6.07, 6.45) is 2.68. The average molecular weight is 523 g/mol. The number of carbonyl (C=O) groups excluding carboxylic acids is 1. The second-order valence-corrected chi connectivity index (χ2v) is 11.7. The third-order valence-electron chi connectivity index (χ3n) is 7.18. The Bertz CT molecular complexity index is 1490. The molecule has 2 aliphatic heterocycles. The number of hydrogen-bond donors (Lipinski definition) is 0. The summed E-state index contributed by atoms with van der Waals surface area (Å²) in [5.41, 5.74) is 1.35. The lowest BCUT2D eigenvalue weighted by Gasteiger charge is -2.35. The molecular formula is C27H30N4O5S. The highest BCUT2D eigenvalue weighted by molar-refractivity contribution is 7.89. The number of piperidine rings is 1. The number of aromatic nitrogens is 1. The lowest BCUT2D eigenvalue weighted by atomic mass is 9.83. The minimum atomic E-state index is -3.66. The van der Waals surface area contributed by atoms with Gasteiger partial charge in [-0.15, -0.1) is 0 Å². The molecule has 1 fully saturated rings. The monoisotopic (exact) mass is 522 g/mol. The van der Waals surface area contributed by atoms with E-state index in [1.807, 2.05) is 32.0 Å². The van der Waals surface area contributed by atoms with Crippen molar-refractivity contribution < 1.29 is 22.7 Å². The summed E-state index contributed by atoms with van der Waals surface area (Å²) in [5, 5.41) is 7.09. The van der Waals surface area contributed by atoms with Gasteiger partial charge in [0.2, 0.25) is 10.0 Å². The summed E-state index contributed by atoms with van der Waals surface area (Å²) in [6.45, 7) is 4.34. The number of pyridine rings is 1. The van der Waals surface area contributed by atoms with Crippen molar-refractivity contribution in [2.45, 2.75) is 37.6 Å². The third-order valence-corrected chi connectivity index (χ3v) is 9.08. The van der Waals surface area contributed by atoms with Crippen molar-refractivity contribution in [1.82, 2.24) is 14.3 Å². The number of nitrogens with zero attached hydrogens (tertiary/aromatic N) is 4. The SMILES string of the molecule is COc1ccc(C2=NN(C3CCN(S(=O)(=O)c4ccc5ncccc5c4)CC3)C(=O)C2(C)C)cc1OC. The predicted octanol–water partition coefficient (Wildman–Crippen LogP) is 3.68. The van der Waals surface area contributed by atoms with Crippen molar-refractivity contribution in [3.8, 4) is 11.5 Å². The second-order valence-electron chi connectivity index (χ2n) is 9.79. The first-order valence-corrected chi connectivity index (χ1v) is 13.6. The molecule has 5 rings (SSSR count). The van der Waals surface area contributed by atoms with E-state index in [0.717, 1.165) is 16.5 Å². The molecular weight excluding hydrogens is 492 g/mol. The molecule has 3 heterocycles. The van der Waals surface area contributed by atoms with Crippen molar-refractivity contribution in [3.05, 3.63) is 60.3 Å². The van der Waals surface area contributed by atoms with Crippen LogP contribution < -0.4 is 9.47 Å². The number of fused-ring (bicyclic) bond motifs is 1. The van der Waals surface area contributed by atoms with Gasteiger partial charge in [-0.25, -0.2) is 13.4 Å². The molecule has 37 heavy (non-hydrogen) atoms. The Morgan fingerprint density at radius 1 is 0.973 bits per heavy atom. The Morgan fingerprint density at radius 3 is 2.41 bits per heavy atom. The second kappa shape index (κ2) is 9.42. The molecule has 1 aromatic heterocycles.